The van der Waals surface area contributed by atoms with Crippen LogP contribution in [0.3, 0.4) is 0 Å². The predicted molar refractivity (Wildman–Crippen MR) is 78.2 cm³/mol. The van der Waals surface area contributed by atoms with E-state index in [2.05, 4.69) is 4.72 Å². The fourth-order valence-corrected chi connectivity index (χ4v) is 2.79. The number of aryl methyl sites for hydroxylation is 1. The molecule has 0 atom stereocenters. The van der Waals surface area contributed by atoms with Crippen LogP contribution in [-0.2, 0) is 10.0 Å². The lowest BCUT2D eigenvalue weighted by atomic mass is 9.80. The maximum Gasteiger partial charge on any atom is 0.488 e. The van der Waals surface area contributed by atoms with Crippen molar-refractivity contribution < 1.29 is 22.9 Å². The van der Waals surface area contributed by atoms with Gasteiger partial charge >= 0.3 is 7.12 Å². The van der Waals surface area contributed by atoms with Crippen molar-refractivity contribution in [3.05, 3.63) is 53.8 Å². The maximum atomic E-state index is 13.4. The second-order valence-corrected chi connectivity index (χ2v) is 6.25. The van der Waals surface area contributed by atoms with Gasteiger partial charge in [0.1, 0.15) is 5.82 Å². The predicted octanol–water partition coefficient (Wildman–Crippen LogP) is 0.615. The van der Waals surface area contributed by atoms with Gasteiger partial charge in [0, 0.05) is 0 Å². The van der Waals surface area contributed by atoms with Crippen molar-refractivity contribution in [2.75, 3.05) is 4.72 Å². The van der Waals surface area contributed by atoms with Gasteiger partial charge in [-0.1, -0.05) is 17.7 Å². The van der Waals surface area contributed by atoms with Crippen molar-refractivity contribution in [2.24, 2.45) is 0 Å². The minimum Gasteiger partial charge on any atom is -0.423 e. The van der Waals surface area contributed by atoms with Gasteiger partial charge in [0.15, 0.2) is 0 Å². The van der Waals surface area contributed by atoms with Gasteiger partial charge in [-0.3, -0.25) is 4.72 Å². The topological polar surface area (TPSA) is 86.6 Å². The fraction of sp³-hybridized carbons (Fsp3) is 0.0769. The summed E-state index contributed by atoms with van der Waals surface area (Å²) in [5, 5.41) is 18.1. The third-order valence-electron chi connectivity index (χ3n) is 2.80. The first-order chi connectivity index (χ1) is 9.78. The average Bonchev–Trinajstić information content (AvgIpc) is 2.37. The van der Waals surface area contributed by atoms with Crippen molar-refractivity contribution in [1.29, 1.82) is 0 Å². The Bertz CT molecular complexity index is 747. The molecule has 0 aliphatic heterocycles. The monoisotopic (exact) mass is 309 g/mol. The summed E-state index contributed by atoms with van der Waals surface area (Å²) in [6.45, 7) is 1.82. The van der Waals surface area contributed by atoms with Gasteiger partial charge in [-0.05, 0) is 42.7 Å². The van der Waals surface area contributed by atoms with Crippen LogP contribution in [0.15, 0.2) is 47.4 Å². The lowest BCUT2D eigenvalue weighted by Gasteiger charge is -2.10. The molecule has 21 heavy (non-hydrogen) atoms. The van der Waals surface area contributed by atoms with Crippen LogP contribution in [0.4, 0.5) is 10.1 Å². The van der Waals surface area contributed by atoms with Crippen LogP contribution in [0.25, 0.3) is 0 Å². The number of rotatable bonds is 4. The van der Waals surface area contributed by atoms with Crippen molar-refractivity contribution >= 4 is 28.3 Å². The maximum absolute atomic E-state index is 13.4. The van der Waals surface area contributed by atoms with Gasteiger partial charge in [-0.15, -0.1) is 0 Å². The molecular weight excluding hydrogens is 296 g/mol. The van der Waals surface area contributed by atoms with E-state index in [4.69, 9.17) is 10.0 Å². The molecule has 0 fully saturated rings. The molecule has 110 valence electrons. The quantitative estimate of drug-likeness (QED) is 0.723. The van der Waals surface area contributed by atoms with Gasteiger partial charge in [-0.25, -0.2) is 12.8 Å². The summed E-state index contributed by atoms with van der Waals surface area (Å²) in [6, 6.07) is 9.16. The molecule has 0 radical (unpaired) electrons. The summed E-state index contributed by atoms with van der Waals surface area (Å²) in [6.07, 6.45) is 0. The summed E-state index contributed by atoms with van der Waals surface area (Å²) in [5.41, 5.74) is 0.681. The lowest BCUT2D eigenvalue weighted by molar-refractivity contribution is 0.425. The van der Waals surface area contributed by atoms with Gasteiger partial charge in [0.05, 0.1) is 10.6 Å². The Morgan fingerprint density at radius 1 is 1.10 bits per heavy atom. The third-order valence-corrected chi connectivity index (χ3v) is 4.20. The molecule has 2 aromatic carbocycles. The Morgan fingerprint density at radius 2 is 1.71 bits per heavy atom. The molecule has 0 bridgehead atoms. The van der Waals surface area contributed by atoms with E-state index in [1.165, 1.54) is 12.1 Å². The van der Waals surface area contributed by atoms with Crippen molar-refractivity contribution in [3.63, 3.8) is 0 Å². The second kappa shape index (κ2) is 5.84. The zero-order valence-corrected chi connectivity index (χ0v) is 11.9. The summed E-state index contributed by atoms with van der Waals surface area (Å²) in [7, 11) is -5.76. The minimum atomic E-state index is -3.87. The Labute approximate surface area is 122 Å². The summed E-state index contributed by atoms with van der Waals surface area (Å²) < 4.78 is 39.9. The molecule has 0 aromatic heterocycles. The molecule has 0 amide bonds. The molecule has 0 unspecified atom stereocenters. The zero-order valence-electron chi connectivity index (χ0n) is 11.1. The molecule has 8 heteroatoms. The second-order valence-electron chi connectivity index (χ2n) is 4.57. The number of hydrogen-bond acceptors (Lipinski definition) is 4. The van der Waals surface area contributed by atoms with E-state index in [0.717, 1.165) is 23.8 Å². The molecule has 0 heterocycles. The average molecular weight is 309 g/mol. The largest absolute Gasteiger partial charge is 0.488 e. The first-order valence-corrected chi connectivity index (χ1v) is 7.52. The summed E-state index contributed by atoms with van der Waals surface area (Å²) in [5.74, 6) is -0.776. The van der Waals surface area contributed by atoms with Crippen LogP contribution in [0.5, 0.6) is 0 Å². The number of sulfonamides is 1. The van der Waals surface area contributed by atoms with E-state index >= 15 is 0 Å². The SMILES string of the molecule is Cc1ccc(S(=O)(=O)Nc2cc(F)cc(B(O)O)c2)cc1. The Balaban J connectivity index is 2.34. The fourth-order valence-electron chi connectivity index (χ4n) is 1.75. The third kappa shape index (κ3) is 3.81. The van der Waals surface area contributed by atoms with E-state index in [1.54, 1.807) is 12.1 Å². The Kier molecular flexibility index (Phi) is 4.31. The molecule has 0 spiro atoms. The van der Waals surface area contributed by atoms with E-state index in [0.29, 0.717) is 0 Å². The highest BCUT2D eigenvalue weighted by Crippen LogP contribution is 2.16. The number of benzene rings is 2. The smallest absolute Gasteiger partial charge is 0.423 e. The normalized spacial score (nSPS) is 11.2. The highest BCUT2D eigenvalue weighted by atomic mass is 32.2. The van der Waals surface area contributed by atoms with E-state index in [9.17, 15) is 12.8 Å². The van der Waals surface area contributed by atoms with Gasteiger partial charge in [0.25, 0.3) is 10.0 Å². The standard InChI is InChI=1S/C13H13BFNO4S/c1-9-2-4-13(5-3-9)21(19,20)16-12-7-10(14(17)18)6-11(15)8-12/h2-8,16-18H,1H3. The first kappa shape index (κ1) is 15.5. The minimum absolute atomic E-state index is 0.0310. The highest BCUT2D eigenvalue weighted by molar-refractivity contribution is 7.92. The molecule has 0 saturated heterocycles. The molecule has 0 aliphatic carbocycles. The molecule has 0 saturated carbocycles. The van der Waals surface area contributed by atoms with Crippen molar-refractivity contribution in [1.82, 2.24) is 0 Å². The molecule has 0 aliphatic rings. The Hall–Kier alpha value is -1.90. The van der Waals surface area contributed by atoms with Crippen LogP contribution < -0.4 is 10.2 Å². The molecule has 2 aromatic rings. The van der Waals surface area contributed by atoms with E-state index < -0.39 is 23.0 Å². The van der Waals surface area contributed by atoms with Gasteiger partial charge < -0.3 is 10.0 Å². The number of nitrogens with one attached hydrogen (secondary N) is 1. The summed E-state index contributed by atoms with van der Waals surface area (Å²) in [4.78, 5) is 0.0310. The van der Waals surface area contributed by atoms with Gasteiger partial charge in [0.2, 0.25) is 0 Å². The van der Waals surface area contributed by atoms with Crippen molar-refractivity contribution in [2.45, 2.75) is 11.8 Å². The number of anilines is 1. The van der Waals surface area contributed by atoms with Crippen LogP contribution >= 0.6 is 0 Å². The van der Waals surface area contributed by atoms with Crippen LogP contribution in [0.2, 0.25) is 0 Å². The molecule has 3 N–H and O–H groups in total. The van der Waals surface area contributed by atoms with E-state index in [-0.39, 0.29) is 16.0 Å². The number of halogens is 1. The Morgan fingerprint density at radius 3 is 2.29 bits per heavy atom. The molecule has 2 rings (SSSR count). The number of hydrogen-bond donors (Lipinski definition) is 3. The molecule has 5 nitrogen and oxygen atoms in total. The summed E-state index contributed by atoms with van der Waals surface area (Å²) >= 11 is 0. The van der Waals surface area contributed by atoms with Gasteiger partial charge in [-0.2, -0.15) is 0 Å². The molecular formula is C13H13BFNO4S. The van der Waals surface area contributed by atoms with E-state index in [1.807, 2.05) is 6.92 Å². The lowest BCUT2D eigenvalue weighted by Crippen LogP contribution is -2.30. The zero-order chi connectivity index (χ0) is 15.6. The van der Waals surface area contributed by atoms with Crippen LogP contribution in [0, 0.1) is 12.7 Å². The van der Waals surface area contributed by atoms with Crippen LogP contribution in [-0.4, -0.2) is 25.6 Å². The first-order valence-electron chi connectivity index (χ1n) is 6.04. The van der Waals surface area contributed by atoms with Crippen LogP contribution in [0.1, 0.15) is 5.56 Å². The van der Waals surface area contributed by atoms with Crippen molar-refractivity contribution in [3.8, 4) is 0 Å². The highest BCUT2D eigenvalue weighted by Gasteiger charge is 2.17.